The number of nitrogens with two attached hydrogens (primary N) is 1. The van der Waals surface area contributed by atoms with E-state index in [2.05, 4.69) is 10.2 Å². The molecule has 3 fully saturated rings. The number of halogens is 2. The van der Waals surface area contributed by atoms with E-state index >= 15 is 0 Å². The molecule has 2 unspecified atom stereocenters. The van der Waals surface area contributed by atoms with E-state index in [1.807, 2.05) is 6.92 Å². The third-order valence-electron chi connectivity index (χ3n) is 6.36. The predicted molar refractivity (Wildman–Crippen MR) is 106 cm³/mol. The van der Waals surface area contributed by atoms with Crippen LogP contribution in [0.25, 0.3) is 0 Å². The molecule has 3 N–H and O–H groups in total. The number of carbonyl (C=O) groups excluding carboxylic acids is 1. The summed E-state index contributed by atoms with van der Waals surface area (Å²) in [5, 5.41) is 3.28. The fraction of sp³-hybridized carbons (Fsp3) is 0.944. The van der Waals surface area contributed by atoms with Crippen molar-refractivity contribution < 1.29 is 9.53 Å². The minimum Gasteiger partial charge on any atom is -0.381 e. The van der Waals surface area contributed by atoms with Gasteiger partial charge in [-0.15, -0.1) is 24.8 Å². The van der Waals surface area contributed by atoms with Crippen LogP contribution in [0.4, 0.5) is 0 Å². The Morgan fingerprint density at radius 2 is 1.76 bits per heavy atom. The molecule has 3 rings (SSSR count). The smallest absolute Gasteiger partial charge is 0.225 e. The monoisotopic (exact) mass is 395 g/mol. The van der Waals surface area contributed by atoms with Crippen LogP contribution in [0.2, 0.25) is 0 Å². The second-order valence-corrected chi connectivity index (χ2v) is 8.05. The molecule has 0 aromatic rings. The SMILES string of the molecule is CC1(N)CCCCC1C(=O)NCC1(N2CCCC2)CCOCC1.Cl.Cl. The molecule has 1 amide bonds. The summed E-state index contributed by atoms with van der Waals surface area (Å²) in [5.74, 6) is 0.131. The highest BCUT2D eigenvalue weighted by Crippen LogP contribution is 2.33. The summed E-state index contributed by atoms with van der Waals surface area (Å²) in [5.41, 5.74) is 6.15. The van der Waals surface area contributed by atoms with Crippen molar-refractivity contribution >= 4 is 30.7 Å². The van der Waals surface area contributed by atoms with Gasteiger partial charge in [0.15, 0.2) is 0 Å². The minimum absolute atomic E-state index is 0. The molecular weight excluding hydrogens is 361 g/mol. The Morgan fingerprint density at radius 3 is 2.36 bits per heavy atom. The quantitative estimate of drug-likeness (QED) is 0.766. The zero-order chi connectivity index (χ0) is 16.3. The zero-order valence-corrected chi connectivity index (χ0v) is 17.1. The molecule has 1 saturated carbocycles. The molecule has 2 aliphatic heterocycles. The van der Waals surface area contributed by atoms with Gasteiger partial charge in [-0.2, -0.15) is 0 Å². The van der Waals surface area contributed by atoms with Gasteiger partial charge in [-0.05, 0) is 58.5 Å². The number of nitrogens with one attached hydrogen (secondary N) is 1. The summed E-state index contributed by atoms with van der Waals surface area (Å²) in [4.78, 5) is 15.4. The maximum Gasteiger partial charge on any atom is 0.225 e. The molecule has 0 spiro atoms. The number of nitrogens with zero attached hydrogens (tertiary/aromatic N) is 1. The van der Waals surface area contributed by atoms with Crippen LogP contribution in [0.3, 0.4) is 0 Å². The molecule has 1 aliphatic carbocycles. The van der Waals surface area contributed by atoms with Gasteiger partial charge in [-0.3, -0.25) is 9.69 Å². The second kappa shape index (κ2) is 9.75. The van der Waals surface area contributed by atoms with Crippen LogP contribution in [-0.4, -0.2) is 54.7 Å². The number of rotatable bonds is 4. The Balaban J connectivity index is 0.00000156. The van der Waals surface area contributed by atoms with Crippen LogP contribution < -0.4 is 11.1 Å². The van der Waals surface area contributed by atoms with E-state index in [9.17, 15) is 4.79 Å². The van der Waals surface area contributed by atoms with E-state index in [1.165, 1.54) is 12.8 Å². The molecule has 0 bridgehead atoms. The van der Waals surface area contributed by atoms with Gasteiger partial charge in [-0.25, -0.2) is 0 Å². The topological polar surface area (TPSA) is 67.6 Å². The fourth-order valence-electron chi connectivity index (χ4n) is 4.71. The first-order chi connectivity index (χ1) is 11.0. The van der Waals surface area contributed by atoms with Crippen molar-refractivity contribution in [1.82, 2.24) is 10.2 Å². The average Bonchev–Trinajstić information content (AvgIpc) is 3.08. The van der Waals surface area contributed by atoms with Crippen LogP contribution in [0.15, 0.2) is 0 Å². The summed E-state index contributed by atoms with van der Waals surface area (Å²) in [6.07, 6.45) is 8.76. The normalized spacial score (nSPS) is 32.3. The highest BCUT2D eigenvalue weighted by atomic mass is 35.5. The molecule has 0 aromatic heterocycles. The van der Waals surface area contributed by atoms with Gasteiger partial charge in [0.1, 0.15) is 0 Å². The lowest BCUT2D eigenvalue weighted by molar-refractivity contribution is -0.129. The van der Waals surface area contributed by atoms with Crippen molar-refractivity contribution in [3.05, 3.63) is 0 Å². The molecule has 7 heteroatoms. The van der Waals surface area contributed by atoms with Crippen molar-refractivity contribution in [1.29, 1.82) is 0 Å². The molecule has 0 aromatic carbocycles. The van der Waals surface area contributed by atoms with Gasteiger partial charge in [0.2, 0.25) is 5.91 Å². The largest absolute Gasteiger partial charge is 0.381 e. The highest BCUT2D eigenvalue weighted by Gasteiger charge is 2.42. The van der Waals surface area contributed by atoms with Crippen LogP contribution in [0.1, 0.15) is 58.3 Å². The molecule has 5 nitrogen and oxygen atoms in total. The number of amides is 1. The van der Waals surface area contributed by atoms with E-state index < -0.39 is 0 Å². The van der Waals surface area contributed by atoms with Crippen LogP contribution in [0, 0.1) is 5.92 Å². The average molecular weight is 396 g/mol. The summed E-state index contributed by atoms with van der Waals surface area (Å²) < 4.78 is 5.58. The van der Waals surface area contributed by atoms with Gasteiger partial charge in [0, 0.05) is 30.8 Å². The number of carbonyl (C=O) groups is 1. The third kappa shape index (κ3) is 5.23. The summed E-state index contributed by atoms with van der Waals surface area (Å²) >= 11 is 0. The second-order valence-electron chi connectivity index (χ2n) is 8.05. The van der Waals surface area contributed by atoms with E-state index in [1.54, 1.807) is 0 Å². The van der Waals surface area contributed by atoms with E-state index in [0.717, 1.165) is 71.4 Å². The lowest BCUT2D eigenvalue weighted by atomic mass is 9.74. The van der Waals surface area contributed by atoms with Crippen LogP contribution in [0.5, 0.6) is 0 Å². The lowest BCUT2D eigenvalue weighted by Crippen LogP contribution is -2.60. The third-order valence-corrected chi connectivity index (χ3v) is 6.36. The van der Waals surface area contributed by atoms with E-state index in [4.69, 9.17) is 10.5 Å². The number of hydrogen-bond donors (Lipinski definition) is 2. The summed E-state index contributed by atoms with van der Waals surface area (Å²) in [7, 11) is 0. The highest BCUT2D eigenvalue weighted by molar-refractivity contribution is 5.85. The molecule has 3 aliphatic rings. The van der Waals surface area contributed by atoms with Gasteiger partial charge in [-0.1, -0.05) is 12.8 Å². The van der Waals surface area contributed by atoms with Crippen molar-refractivity contribution in [2.45, 2.75) is 69.4 Å². The Hall–Kier alpha value is -0.0700. The predicted octanol–water partition coefficient (Wildman–Crippen LogP) is 2.50. The minimum atomic E-state index is -0.348. The Labute approximate surface area is 164 Å². The number of hydrogen-bond acceptors (Lipinski definition) is 4. The van der Waals surface area contributed by atoms with Gasteiger partial charge >= 0.3 is 0 Å². The molecule has 0 radical (unpaired) electrons. The first-order valence-corrected chi connectivity index (χ1v) is 9.43. The molecular formula is C18H35Cl2N3O2. The molecule has 2 heterocycles. The molecule has 2 saturated heterocycles. The van der Waals surface area contributed by atoms with Crippen molar-refractivity contribution in [3.8, 4) is 0 Å². The van der Waals surface area contributed by atoms with Crippen molar-refractivity contribution in [3.63, 3.8) is 0 Å². The zero-order valence-electron chi connectivity index (χ0n) is 15.4. The molecule has 148 valence electrons. The lowest BCUT2D eigenvalue weighted by Gasteiger charge is -2.45. The van der Waals surface area contributed by atoms with Crippen molar-refractivity contribution in [2.75, 3.05) is 32.8 Å². The Bertz CT molecular complexity index is 423. The van der Waals surface area contributed by atoms with Gasteiger partial charge < -0.3 is 15.8 Å². The molecule has 25 heavy (non-hydrogen) atoms. The summed E-state index contributed by atoms with van der Waals surface area (Å²) in [6.45, 7) is 6.74. The standard InChI is InChI=1S/C18H33N3O2.2ClH/c1-17(19)7-3-2-6-15(17)16(22)20-14-18(8-12-23-13-9-18)21-10-4-5-11-21;;/h15H,2-14,19H2,1H3,(H,20,22);2*1H. The first kappa shape index (κ1) is 23.0. The number of ether oxygens (including phenoxy) is 1. The van der Waals surface area contributed by atoms with Crippen LogP contribution >= 0.6 is 24.8 Å². The Kier molecular flexibility index (Phi) is 8.95. The fourth-order valence-corrected chi connectivity index (χ4v) is 4.71. The van der Waals surface area contributed by atoms with Crippen LogP contribution in [-0.2, 0) is 9.53 Å². The van der Waals surface area contributed by atoms with Crippen molar-refractivity contribution in [2.24, 2.45) is 11.7 Å². The maximum absolute atomic E-state index is 12.8. The summed E-state index contributed by atoms with van der Waals surface area (Å²) in [6, 6.07) is 0. The van der Waals surface area contributed by atoms with E-state index in [-0.39, 0.29) is 47.7 Å². The van der Waals surface area contributed by atoms with Gasteiger partial charge in [0.05, 0.1) is 5.92 Å². The maximum atomic E-state index is 12.8. The van der Waals surface area contributed by atoms with E-state index in [0.29, 0.717) is 0 Å². The van der Waals surface area contributed by atoms with Gasteiger partial charge in [0.25, 0.3) is 0 Å². The Morgan fingerprint density at radius 1 is 1.12 bits per heavy atom. The first-order valence-electron chi connectivity index (χ1n) is 9.43. The number of likely N-dealkylation sites (tertiary alicyclic amines) is 1. The molecule has 2 atom stereocenters.